The van der Waals surface area contributed by atoms with E-state index in [0.29, 0.717) is 12.3 Å². The Morgan fingerprint density at radius 3 is 2.52 bits per heavy atom. The van der Waals surface area contributed by atoms with Gasteiger partial charge < -0.3 is 20.5 Å². The summed E-state index contributed by atoms with van der Waals surface area (Å²) in [7, 11) is 5.17. The van der Waals surface area contributed by atoms with Gasteiger partial charge in [0.1, 0.15) is 5.69 Å². The minimum absolute atomic E-state index is 0.0552. The summed E-state index contributed by atoms with van der Waals surface area (Å²) in [6, 6.07) is 12.1. The van der Waals surface area contributed by atoms with Crippen LogP contribution in [0.2, 0.25) is 0 Å². The Morgan fingerprint density at radius 2 is 1.84 bits per heavy atom. The third-order valence-electron chi connectivity index (χ3n) is 4.54. The number of nitrogens with two attached hydrogens (primary N) is 1. The highest BCUT2D eigenvalue weighted by Gasteiger charge is 2.33. The second-order valence-electron chi connectivity index (χ2n) is 7.20. The summed E-state index contributed by atoms with van der Waals surface area (Å²) in [6.07, 6.45) is -4.54. The minimum atomic E-state index is -4.54. The van der Waals surface area contributed by atoms with Gasteiger partial charge in [-0.25, -0.2) is 0 Å². The van der Waals surface area contributed by atoms with Crippen molar-refractivity contribution < 1.29 is 22.8 Å². The van der Waals surface area contributed by atoms with Crippen LogP contribution in [0.15, 0.2) is 53.7 Å². The number of alkyl halides is 3. The average molecular weight is 433 g/mol. The first-order valence-electron chi connectivity index (χ1n) is 9.28. The molecule has 1 aromatic heterocycles. The Kier molecular flexibility index (Phi) is 6.21. The van der Waals surface area contributed by atoms with E-state index in [1.54, 1.807) is 12.1 Å². The van der Waals surface area contributed by atoms with E-state index in [4.69, 9.17) is 10.6 Å². The van der Waals surface area contributed by atoms with Gasteiger partial charge in [0.05, 0.1) is 5.56 Å². The van der Waals surface area contributed by atoms with E-state index in [1.165, 1.54) is 19.2 Å². The molecule has 0 saturated carbocycles. The van der Waals surface area contributed by atoms with Crippen molar-refractivity contribution in [1.82, 2.24) is 14.8 Å². The van der Waals surface area contributed by atoms with Crippen LogP contribution in [0.3, 0.4) is 0 Å². The summed E-state index contributed by atoms with van der Waals surface area (Å²) < 4.78 is 39.7. The van der Waals surface area contributed by atoms with Crippen molar-refractivity contribution in [3.05, 3.63) is 65.4 Å². The summed E-state index contributed by atoms with van der Waals surface area (Å²) in [5.74, 6) is -0.435. The Hall–Kier alpha value is -3.53. The number of nitrogens with one attached hydrogen (secondary N) is 1. The monoisotopic (exact) mass is 433 g/mol. The third-order valence-corrected chi connectivity index (χ3v) is 4.54. The number of para-hydroxylation sites is 1. The molecule has 164 valence electrons. The zero-order chi connectivity index (χ0) is 22.8. The number of H-pyrrole nitrogens is 1. The molecule has 2 aromatic carbocycles. The standard InChI is InChI=1S/C21H22F3N5O2/c1-28(2)12-13-7-4-5-10-18(13)31-27-20(25)29(3)19(30)17-11-14-15(21(22,23)24)8-6-9-16(14)26-17/h4-11,26H,12H2,1-3H3,(H2,25,27). The quantitative estimate of drug-likeness (QED) is 0.366. The summed E-state index contributed by atoms with van der Waals surface area (Å²) in [5.41, 5.74) is 6.05. The highest BCUT2D eigenvalue weighted by molar-refractivity contribution is 6.06. The first-order chi connectivity index (χ1) is 14.6. The van der Waals surface area contributed by atoms with Crippen LogP contribution in [0.4, 0.5) is 13.2 Å². The Bertz CT molecular complexity index is 1120. The lowest BCUT2D eigenvalue weighted by molar-refractivity contribution is -0.136. The summed E-state index contributed by atoms with van der Waals surface area (Å²) in [6.45, 7) is 0.608. The summed E-state index contributed by atoms with van der Waals surface area (Å²) >= 11 is 0. The fraction of sp³-hybridized carbons (Fsp3) is 0.238. The highest BCUT2D eigenvalue weighted by Crippen LogP contribution is 2.35. The van der Waals surface area contributed by atoms with Gasteiger partial charge in [-0.2, -0.15) is 13.2 Å². The van der Waals surface area contributed by atoms with E-state index in [1.807, 2.05) is 31.1 Å². The number of amides is 1. The number of benzene rings is 2. The molecule has 0 bridgehead atoms. The molecule has 3 aromatic rings. The van der Waals surface area contributed by atoms with Crippen molar-refractivity contribution in [2.24, 2.45) is 10.9 Å². The molecule has 0 aliphatic rings. The van der Waals surface area contributed by atoms with Crippen LogP contribution in [0.1, 0.15) is 21.6 Å². The van der Waals surface area contributed by atoms with Crippen LogP contribution in [0.5, 0.6) is 5.75 Å². The Labute approximate surface area is 176 Å². The SMILES string of the molecule is CN(C)Cc1ccccc1ON=C(N)N(C)C(=O)c1cc2c(C(F)(F)F)cccc2[nH]1. The zero-order valence-corrected chi connectivity index (χ0v) is 17.2. The lowest BCUT2D eigenvalue weighted by atomic mass is 10.1. The van der Waals surface area contributed by atoms with Crippen molar-refractivity contribution in [2.45, 2.75) is 12.7 Å². The van der Waals surface area contributed by atoms with Crippen LogP contribution in [0, 0.1) is 0 Å². The van der Waals surface area contributed by atoms with E-state index in [9.17, 15) is 18.0 Å². The number of aromatic nitrogens is 1. The molecule has 3 rings (SSSR count). The van der Waals surface area contributed by atoms with Gasteiger partial charge in [-0.05, 0) is 43.5 Å². The number of halogens is 3. The van der Waals surface area contributed by atoms with E-state index < -0.39 is 17.6 Å². The van der Waals surface area contributed by atoms with Crippen molar-refractivity contribution >= 4 is 22.8 Å². The van der Waals surface area contributed by atoms with E-state index in [0.717, 1.165) is 22.6 Å². The third kappa shape index (κ3) is 4.97. The fourth-order valence-corrected chi connectivity index (χ4v) is 3.02. The lowest BCUT2D eigenvalue weighted by Crippen LogP contribution is -2.39. The number of hydrogen-bond donors (Lipinski definition) is 2. The van der Waals surface area contributed by atoms with Gasteiger partial charge in [0.25, 0.3) is 5.91 Å². The number of oxime groups is 1. The molecule has 0 spiro atoms. The fourth-order valence-electron chi connectivity index (χ4n) is 3.02. The normalized spacial score (nSPS) is 12.4. The van der Waals surface area contributed by atoms with Gasteiger partial charge >= 0.3 is 6.18 Å². The second kappa shape index (κ2) is 8.68. The number of carbonyl (C=O) groups excluding carboxylic acids is 1. The van der Waals surface area contributed by atoms with Gasteiger partial charge in [0.15, 0.2) is 5.75 Å². The second-order valence-corrected chi connectivity index (χ2v) is 7.20. The molecule has 31 heavy (non-hydrogen) atoms. The molecule has 0 aliphatic heterocycles. The molecule has 0 saturated heterocycles. The number of carbonyl (C=O) groups is 1. The van der Waals surface area contributed by atoms with Crippen molar-refractivity contribution in [2.75, 3.05) is 21.1 Å². The van der Waals surface area contributed by atoms with Crippen molar-refractivity contribution in [3.63, 3.8) is 0 Å². The van der Waals surface area contributed by atoms with Crippen LogP contribution in [0.25, 0.3) is 10.9 Å². The zero-order valence-electron chi connectivity index (χ0n) is 17.2. The van der Waals surface area contributed by atoms with E-state index in [2.05, 4.69) is 10.1 Å². The number of rotatable bonds is 5. The molecule has 0 radical (unpaired) electrons. The molecule has 1 amide bonds. The van der Waals surface area contributed by atoms with Crippen molar-refractivity contribution in [3.8, 4) is 5.75 Å². The molecule has 0 fully saturated rings. The maximum Gasteiger partial charge on any atom is 0.417 e. The topological polar surface area (TPSA) is 86.9 Å². The average Bonchev–Trinajstić information content (AvgIpc) is 3.14. The maximum atomic E-state index is 13.2. The lowest BCUT2D eigenvalue weighted by Gasteiger charge is -2.16. The minimum Gasteiger partial charge on any atom is -0.367 e. The van der Waals surface area contributed by atoms with Gasteiger partial charge in [0, 0.05) is 30.1 Å². The molecular weight excluding hydrogens is 411 g/mol. The number of fused-ring (bicyclic) bond motifs is 1. The van der Waals surface area contributed by atoms with Crippen LogP contribution in [-0.4, -0.2) is 47.8 Å². The van der Waals surface area contributed by atoms with Crippen LogP contribution in [-0.2, 0) is 12.7 Å². The molecule has 7 nitrogen and oxygen atoms in total. The highest BCUT2D eigenvalue weighted by atomic mass is 19.4. The van der Waals surface area contributed by atoms with Crippen LogP contribution < -0.4 is 10.6 Å². The molecule has 0 aliphatic carbocycles. The predicted octanol–water partition coefficient (Wildman–Crippen LogP) is 3.63. The van der Waals surface area contributed by atoms with Gasteiger partial charge in [-0.1, -0.05) is 24.3 Å². The number of nitrogens with zero attached hydrogens (tertiary/aromatic N) is 3. The first-order valence-corrected chi connectivity index (χ1v) is 9.28. The Morgan fingerprint density at radius 1 is 1.13 bits per heavy atom. The smallest absolute Gasteiger partial charge is 0.367 e. The van der Waals surface area contributed by atoms with Gasteiger partial charge in [-0.15, -0.1) is 0 Å². The number of guanidine groups is 1. The Balaban J connectivity index is 1.82. The summed E-state index contributed by atoms with van der Waals surface area (Å²) in [5, 5.41) is 3.71. The van der Waals surface area contributed by atoms with E-state index >= 15 is 0 Å². The number of aromatic amines is 1. The molecule has 3 N–H and O–H groups in total. The summed E-state index contributed by atoms with van der Waals surface area (Å²) in [4.78, 5) is 23.8. The molecule has 10 heteroatoms. The first kappa shape index (κ1) is 22.2. The molecular formula is C21H22F3N5O2. The van der Waals surface area contributed by atoms with Crippen molar-refractivity contribution in [1.29, 1.82) is 0 Å². The molecule has 0 atom stereocenters. The van der Waals surface area contributed by atoms with Gasteiger partial charge in [0.2, 0.25) is 5.96 Å². The number of hydrogen-bond acceptors (Lipinski definition) is 4. The molecule has 1 heterocycles. The maximum absolute atomic E-state index is 13.2. The largest absolute Gasteiger partial charge is 0.417 e. The van der Waals surface area contributed by atoms with Crippen LogP contribution >= 0.6 is 0 Å². The van der Waals surface area contributed by atoms with E-state index in [-0.39, 0.29) is 22.6 Å². The van der Waals surface area contributed by atoms with Gasteiger partial charge in [-0.3, -0.25) is 9.69 Å². The predicted molar refractivity (Wildman–Crippen MR) is 111 cm³/mol. The molecule has 0 unspecified atom stereocenters.